The molecule has 0 aromatic carbocycles. The van der Waals surface area contributed by atoms with Gasteiger partial charge in [0.25, 0.3) is 0 Å². The van der Waals surface area contributed by atoms with E-state index in [0.29, 0.717) is 5.92 Å². The van der Waals surface area contributed by atoms with Crippen molar-refractivity contribution in [2.24, 2.45) is 11.8 Å². The normalized spacial score (nSPS) is 35.7. The molecular weight excluding hydrogens is 228 g/mol. The number of carbonyl (C=O) groups excluding carboxylic acids is 1. The molecule has 1 aliphatic heterocycles. The summed E-state index contributed by atoms with van der Waals surface area (Å²) in [5.41, 5.74) is 1.97. The van der Waals surface area contributed by atoms with Crippen molar-refractivity contribution in [3.05, 3.63) is 30.2 Å². The van der Waals surface area contributed by atoms with Crippen LogP contribution in [0.2, 0.25) is 0 Å². The van der Waals surface area contributed by atoms with Crippen LogP contribution in [0.3, 0.4) is 0 Å². The summed E-state index contributed by atoms with van der Waals surface area (Å²) in [6.07, 6.45) is 8.36. The molecule has 1 aromatic heterocycles. The second-order valence-corrected chi connectivity index (χ2v) is 5.79. The van der Waals surface area contributed by atoms with Crippen LogP contribution in [0.5, 0.6) is 0 Å². The second-order valence-electron chi connectivity index (χ2n) is 5.79. The molecule has 0 radical (unpaired) electrons. The third-order valence-corrected chi connectivity index (χ3v) is 3.95. The van der Waals surface area contributed by atoms with E-state index in [1.54, 1.807) is 12.5 Å². The molecule has 0 N–H and O–H groups in total. The Hall–Kier alpha value is -1.51. The molecule has 0 amide bonds. The summed E-state index contributed by atoms with van der Waals surface area (Å²) in [6.45, 7) is 4.16. The van der Waals surface area contributed by atoms with Crippen molar-refractivity contribution in [2.75, 3.05) is 0 Å². The number of carbonyl (C=O) groups is 1. The van der Waals surface area contributed by atoms with Crippen LogP contribution in [0.25, 0.3) is 5.57 Å². The van der Waals surface area contributed by atoms with Crippen molar-refractivity contribution < 1.29 is 13.9 Å². The van der Waals surface area contributed by atoms with E-state index in [4.69, 9.17) is 9.15 Å². The summed E-state index contributed by atoms with van der Waals surface area (Å²) in [6, 6.07) is 1.97. The van der Waals surface area contributed by atoms with Crippen molar-refractivity contribution >= 4 is 11.5 Å². The van der Waals surface area contributed by atoms with Crippen LogP contribution in [-0.4, -0.2) is 11.6 Å². The predicted molar refractivity (Wildman–Crippen MR) is 67.7 cm³/mol. The molecule has 3 atom stereocenters. The number of hydrogen-bond donors (Lipinski definition) is 0. The molecule has 3 rings (SSSR count). The molecule has 0 saturated carbocycles. The summed E-state index contributed by atoms with van der Waals surface area (Å²) < 4.78 is 10.8. The van der Waals surface area contributed by atoms with E-state index in [-0.39, 0.29) is 17.5 Å². The zero-order valence-corrected chi connectivity index (χ0v) is 10.8. The van der Waals surface area contributed by atoms with E-state index in [9.17, 15) is 4.79 Å². The minimum atomic E-state index is -0.374. The smallest absolute Gasteiger partial charge is 0.309 e. The van der Waals surface area contributed by atoms with Gasteiger partial charge >= 0.3 is 5.97 Å². The highest BCUT2D eigenvalue weighted by atomic mass is 16.6. The van der Waals surface area contributed by atoms with E-state index in [0.717, 1.165) is 24.8 Å². The van der Waals surface area contributed by atoms with Gasteiger partial charge in [-0.2, -0.15) is 0 Å². The molecule has 1 aliphatic carbocycles. The fourth-order valence-electron chi connectivity index (χ4n) is 3.28. The minimum Gasteiger partial charge on any atom is -0.472 e. The van der Waals surface area contributed by atoms with Crippen molar-refractivity contribution in [3.8, 4) is 0 Å². The highest BCUT2D eigenvalue weighted by molar-refractivity contribution is 5.77. The molecule has 96 valence electrons. The lowest BCUT2D eigenvalue weighted by atomic mass is 9.76. The number of allylic oxidation sites excluding steroid dienone is 1. The Labute approximate surface area is 107 Å². The lowest BCUT2D eigenvalue weighted by Crippen LogP contribution is -2.32. The molecule has 1 saturated heterocycles. The van der Waals surface area contributed by atoms with Gasteiger partial charge in [0.2, 0.25) is 0 Å². The van der Waals surface area contributed by atoms with E-state index < -0.39 is 0 Å². The van der Waals surface area contributed by atoms with Crippen LogP contribution in [-0.2, 0) is 9.53 Å². The highest BCUT2D eigenvalue weighted by Gasteiger charge is 2.46. The minimum absolute atomic E-state index is 0.0112. The van der Waals surface area contributed by atoms with Gasteiger partial charge in [0.15, 0.2) is 0 Å². The quantitative estimate of drug-likeness (QED) is 0.713. The lowest BCUT2D eigenvalue weighted by molar-refractivity contribution is -0.148. The largest absolute Gasteiger partial charge is 0.472 e. The van der Waals surface area contributed by atoms with E-state index in [1.165, 1.54) is 5.57 Å². The van der Waals surface area contributed by atoms with Crippen LogP contribution in [0, 0.1) is 11.8 Å². The van der Waals surface area contributed by atoms with Gasteiger partial charge in [0.05, 0.1) is 18.4 Å². The highest BCUT2D eigenvalue weighted by Crippen LogP contribution is 2.45. The molecule has 3 nitrogen and oxygen atoms in total. The van der Waals surface area contributed by atoms with Gasteiger partial charge in [-0.05, 0) is 36.5 Å². The molecule has 0 unspecified atom stereocenters. The average Bonchev–Trinajstić information content (AvgIpc) is 2.87. The number of esters is 1. The van der Waals surface area contributed by atoms with Crippen LogP contribution < -0.4 is 0 Å². The summed E-state index contributed by atoms with van der Waals surface area (Å²) in [5, 5.41) is 0. The SMILES string of the molecule is C[C@@H]1CC(c2ccoc2)=C[C@]2(C1)C[C@H](C)C(=O)O2. The molecular formula is C15H18O3. The number of furan rings is 1. The summed E-state index contributed by atoms with van der Waals surface area (Å²) >= 11 is 0. The fourth-order valence-corrected chi connectivity index (χ4v) is 3.28. The van der Waals surface area contributed by atoms with Gasteiger partial charge in [-0.25, -0.2) is 0 Å². The molecule has 1 fully saturated rings. The molecule has 3 heteroatoms. The Kier molecular flexibility index (Phi) is 2.58. The standard InChI is InChI=1S/C15H18O3/c1-10-5-13(12-3-4-17-9-12)8-15(6-10)7-11(2)14(16)18-15/h3-4,8-11H,5-7H2,1-2H3/t10-,11+,15+/m1/s1. The Bertz CT molecular complexity index is 486. The van der Waals surface area contributed by atoms with Gasteiger partial charge in [-0.1, -0.05) is 13.8 Å². The average molecular weight is 246 g/mol. The number of ether oxygens (including phenoxy) is 1. The van der Waals surface area contributed by atoms with E-state index in [1.807, 2.05) is 13.0 Å². The Morgan fingerprint density at radius 1 is 1.33 bits per heavy atom. The summed E-state index contributed by atoms with van der Waals surface area (Å²) in [5.74, 6) is 0.474. The maximum atomic E-state index is 11.7. The Balaban J connectivity index is 1.96. The molecule has 2 heterocycles. The third-order valence-electron chi connectivity index (χ3n) is 3.95. The number of hydrogen-bond acceptors (Lipinski definition) is 3. The summed E-state index contributed by atoms with van der Waals surface area (Å²) in [4.78, 5) is 11.7. The van der Waals surface area contributed by atoms with Gasteiger partial charge in [0.1, 0.15) is 5.60 Å². The first-order chi connectivity index (χ1) is 8.58. The maximum Gasteiger partial charge on any atom is 0.309 e. The van der Waals surface area contributed by atoms with Gasteiger partial charge in [0, 0.05) is 12.0 Å². The van der Waals surface area contributed by atoms with Gasteiger partial charge in [-0.3, -0.25) is 4.79 Å². The van der Waals surface area contributed by atoms with Crippen molar-refractivity contribution in [1.29, 1.82) is 0 Å². The Morgan fingerprint density at radius 3 is 2.78 bits per heavy atom. The van der Waals surface area contributed by atoms with Crippen LogP contribution in [0.15, 0.2) is 29.1 Å². The van der Waals surface area contributed by atoms with E-state index in [2.05, 4.69) is 13.0 Å². The first-order valence-corrected chi connectivity index (χ1v) is 6.55. The molecule has 0 bridgehead atoms. The zero-order chi connectivity index (χ0) is 12.8. The first-order valence-electron chi connectivity index (χ1n) is 6.55. The monoisotopic (exact) mass is 246 g/mol. The molecule has 2 aliphatic rings. The molecule has 1 aromatic rings. The fraction of sp³-hybridized carbons (Fsp3) is 0.533. The van der Waals surface area contributed by atoms with Crippen molar-refractivity contribution in [3.63, 3.8) is 0 Å². The lowest BCUT2D eigenvalue weighted by Gasteiger charge is -2.33. The maximum absolute atomic E-state index is 11.7. The second kappa shape index (κ2) is 4.01. The van der Waals surface area contributed by atoms with Gasteiger partial charge < -0.3 is 9.15 Å². The van der Waals surface area contributed by atoms with Crippen molar-refractivity contribution in [1.82, 2.24) is 0 Å². The predicted octanol–water partition coefficient (Wildman–Crippen LogP) is 3.41. The van der Waals surface area contributed by atoms with Gasteiger partial charge in [-0.15, -0.1) is 0 Å². The molecule has 18 heavy (non-hydrogen) atoms. The zero-order valence-electron chi connectivity index (χ0n) is 10.8. The van der Waals surface area contributed by atoms with Crippen molar-refractivity contribution in [2.45, 2.75) is 38.7 Å². The van der Waals surface area contributed by atoms with Crippen LogP contribution in [0.4, 0.5) is 0 Å². The Morgan fingerprint density at radius 2 is 2.17 bits per heavy atom. The van der Waals surface area contributed by atoms with Crippen LogP contribution >= 0.6 is 0 Å². The first kappa shape index (κ1) is 11.6. The molecule has 1 spiro atoms. The third kappa shape index (κ3) is 1.88. The summed E-state index contributed by atoms with van der Waals surface area (Å²) in [7, 11) is 0. The topological polar surface area (TPSA) is 39.4 Å². The number of rotatable bonds is 1. The van der Waals surface area contributed by atoms with Crippen LogP contribution in [0.1, 0.15) is 38.7 Å². The van der Waals surface area contributed by atoms with E-state index >= 15 is 0 Å².